The van der Waals surface area contributed by atoms with E-state index in [0.29, 0.717) is 23.9 Å². The van der Waals surface area contributed by atoms with Crippen LogP contribution in [-0.4, -0.2) is 74.3 Å². The van der Waals surface area contributed by atoms with E-state index < -0.39 is 20.0 Å². The van der Waals surface area contributed by atoms with E-state index in [0.717, 1.165) is 57.8 Å². The molecule has 0 aliphatic heterocycles. The maximum absolute atomic E-state index is 13.6. The highest BCUT2D eigenvalue weighted by Gasteiger charge is 2.30. The molecule has 0 aromatic heterocycles. The summed E-state index contributed by atoms with van der Waals surface area (Å²) in [6, 6.07) is -0.844. The van der Waals surface area contributed by atoms with Crippen LogP contribution in [0, 0.1) is 0 Å². The van der Waals surface area contributed by atoms with E-state index in [1.54, 1.807) is 0 Å². The Bertz CT molecular complexity index is 1430. The molecular formula is C71H140N2O7P+. The average Bonchev–Trinajstić information content (AvgIpc) is 3.44. The summed E-state index contributed by atoms with van der Waals surface area (Å²) in [4.78, 5) is 37.9. The van der Waals surface area contributed by atoms with Crippen LogP contribution in [0.15, 0.2) is 24.3 Å². The van der Waals surface area contributed by atoms with Gasteiger partial charge in [0.15, 0.2) is 0 Å². The zero-order chi connectivity index (χ0) is 59.3. The molecule has 0 aliphatic carbocycles. The number of likely N-dealkylation sites (N-methyl/N-ethyl adjacent to an activating group) is 1. The number of allylic oxidation sites excluding steroid dienone is 3. The lowest BCUT2D eigenvalue weighted by Crippen LogP contribution is -2.47. The van der Waals surface area contributed by atoms with Gasteiger partial charge in [0, 0.05) is 12.8 Å². The topological polar surface area (TPSA) is 111 Å². The Labute approximate surface area is 504 Å². The first-order valence-electron chi connectivity index (χ1n) is 35.7. The number of nitrogens with one attached hydrogen (secondary N) is 1. The fourth-order valence-electron chi connectivity index (χ4n) is 10.9. The van der Waals surface area contributed by atoms with Crippen LogP contribution >= 0.6 is 7.82 Å². The molecule has 0 rings (SSSR count). The molecule has 0 aliphatic rings. The second kappa shape index (κ2) is 61.6. The lowest BCUT2D eigenvalue weighted by atomic mass is 10.0. The molecular weight excluding hydrogens is 1020 g/mol. The highest BCUT2D eigenvalue weighted by molar-refractivity contribution is 7.47. The molecule has 0 spiro atoms. The Morgan fingerprint density at radius 3 is 1.05 bits per heavy atom. The molecule has 0 aromatic carbocycles. The van der Waals surface area contributed by atoms with Crippen LogP contribution in [-0.2, 0) is 27.9 Å². The van der Waals surface area contributed by atoms with E-state index >= 15 is 0 Å². The fraction of sp³-hybridized carbons (Fsp3) is 0.915. The molecule has 0 bridgehead atoms. The van der Waals surface area contributed by atoms with Crippen LogP contribution in [0.5, 0.6) is 0 Å². The fourth-order valence-corrected chi connectivity index (χ4v) is 11.6. The SMILES string of the molecule is CCCCCCCC/C=C/CCCCCCCCCCCCCC(=O)OC(/C=C/CCCCCCCCCCCCC)C(COP(=O)(O)OCC[N+](C)(C)C)NC(=O)CCCCCCCCCCCCCCCCCCCCCCC. The van der Waals surface area contributed by atoms with E-state index in [-0.39, 0.29) is 25.1 Å². The lowest BCUT2D eigenvalue weighted by Gasteiger charge is -2.27. The number of ether oxygens (including phenoxy) is 1. The summed E-state index contributed by atoms with van der Waals surface area (Å²) >= 11 is 0. The second-order valence-corrected chi connectivity index (χ2v) is 27.2. The van der Waals surface area contributed by atoms with Gasteiger partial charge in [0.2, 0.25) is 5.91 Å². The predicted octanol–water partition coefficient (Wildman–Crippen LogP) is 22.5. The average molecular weight is 1160 g/mol. The van der Waals surface area contributed by atoms with E-state index in [2.05, 4.69) is 44.3 Å². The smallest absolute Gasteiger partial charge is 0.456 e. The molecule has 0 fully saturated rings. The van der Waals surface area contributed by atoms with Crippen molar-refractivity contribution in [3.05, 3.63) is 24.3 Å². The molecule has 3 atom stereocenters. The van der Waals surface area contributed by atoms with Gasteiger partial charge < -0.3 is 19.4 Å². The third kappa shape index (κ3) is 62.8. The standard InChI is InChI=1S/C71H139N2O7P/c1-7-10-13-16-19-22-25-28-30-32-34-36-38-40-42-45-48-51-54-57-60-63-70(74)72-68(67-79-81(76,77)78-66-65-73(4,5)6)69(62-59-56-53-50-47-44-27-24-21-18-15-12-9-3)80-71(75)64-61-58-55-52-49-46-43-41-39-37-35-33-31-29-26-23-20-17-14-11-8-2/h29,31,59,62,68-69H,7-28,30,32-58,60-61,63-67H2,1-6H3,(H-,72,74,76,77)/p+1/b31-29+,62-59+. The first-order valence-corrected chi connectivity index (χ1v) is 37.2. The summed E-state index contributed by atoms with van der Waals surface area (Å²) < 4.78 is 30.9. The van der Waals surface area contributed by atoms with E-state index in [1.807, 2.05) is 27.2 Å². The van der Waals surface area contributed by atoms with Crippen LogP contribution in [0.3, 0.4) is 0 Å². The van der Waals surface area contributed by atoms with Crippen LogP contribution < -0.4 is 5.32 Å². The highest BCUT2D eigenvalue weighted by Crippen LogP contribution is 2.43. The van der Waals surface area contributed by atoms with Gasteiger partial charge in [-0.25, -0.2) is 4.57 Å². The van der Waals surface area contributed by atoms with Crippen LogP contribution in [0.25, 0.3) is 0 Å². The van der Waals surface area contributed by atoms with Crippen molar-refractivity contribution < 1.29 is 37.3 Å². The molecule has 0 aromatic rings. The number of amides is 1. The van der Waals surface area contributed by atoms with E-state index in [9.17, 15) is 19.0 Å². The summed E-state index contributed by atoms with van der Waals surface area (Å²) in [6.45, 7) is 7.08. The number of unbranched alkanes of at least 4 members (excludes halogenated alkanes) is 48. The molecule has 0 saturated carbocycles. The minimum atomic E-state index is -4.45. The van der Waals surface area contributed by atoms with Gasteiger partial charge >= 0.3 is 13.8 Å². The van der Waals surface area contributed by atoms with E-state index in [4.69, 9.17) is 13.8 Å². The van der Waals surface area contributed by atoms with Gasteiger partial charge in [-0.3, -0.25) is 18.6 Å². The first-order chi connectivity index (χ1) is 39.4. The molecule has 81 heavy (non-hydrogen) atoms. The lowest BCUT2D eigenvalue weighted by molar-refractivity contribution is -0.870. The number of rotatable bonds is 66. The number of hydrogen-bond donors (Lipinski definition) is 2. The van der Waals surface area contributed by atoms with Gasteiger partial charge in [0.25, 0.3) is 0 Å². The third-order valence-electron chi connectivity index (χ3n) is 16.4. The molecule has 0 radical (unpaired) electrons. The summed E-state index contributed by atoms with van der Waals surface area (Å²) in [5.41, 5.74) is 0. The van der Waals surface area contributed by atoms with Crippen molar-refractivity contribution >= 4 is 19.7 Å². The number of esters is 1. The van der Waals surface area contributed by atoms with Crippen LogP contribution in [0.2, 0.25) is 0 Å². The maximum Gasteiger partial charge on any atom is 0.472 e. The Morgan fingerprint density at radius 1 is 0.420 bits per heavy atom. The van der Waals surface area contributed by atoms with Gasteiger partial charge in [-0.15, -0.1) is 0 Å². The van der Waals surface area contributed by atoms with Crippen molar-refractivity contribution in [1.82, 2.24) is 5.32 Å². The minimum absolute atomic E-state index is 0.0444. The van der Waals surface area contributed by atoms with Crippen LogP contribution in [0.4, 0.5) is 0 Å². The summed E-state index contributed by atoms with van der Waals surface area (Å²) in [5.74, 6) is -0.482. The van der Waals surface area contributed by atoms with Crippen molar-refractivity contribution in [3.8, 4) is 0 Å². The second-order valence-electron chi connectivity index (χ2n) is 25.8. The monoisotopic (exact) mass is 1160 g/mol. The number of phosphoric acid groups is 1. The van der Waals surface area contributed by atoms with Gasteiger partial charge in [0.1, 0.15) is 19.3 Å². The van der Waals surface area contributed by atoms with Crippen molar-refractivity contribution in [3.63, 3.8) is 0 Å². The molecule has 9 nitrogen and oxygen atoms in total. The largest absolute Gasteiger partial charge is 0.472 e. The van der Waals surface area contributed by atoms with Gasteiger partial charge in [-0.2, -0.15) is 0 Å². The minimum Gasteiger partial charge on any atom is -0.456 e. The molecule has 2 N–H and O–H groups in total. The molecule has 10 heteroatoms. The Balaban J connectivity index is 5.09. The molecule has 1 amide bonds. The molecule has 3 unspecified atom stereocenters. The Morgan fingerprint density at radius 2 is 0.716 bits per heavy atom. The maximum atomic E-state index is 13.6. The van der Waals surface area contributed by atoms with Gasteiger partial charge in [-0.1, -0.05) is 322 Å². The summed E-state index contributed by atoms with van der Waals surface area (Å²) in [5, 5.41) is 3.08. The quantitative estimate of drug-likeness (QED) is 0.0205. The first kappa shape index (κ1) is 79.5. The molecule has 480 valence electrons. The number of quaternary nitrogens is 1. The summed E-state index contributed by atoms with van der Waals surface area (Å²) in [7, 11) is 1.52. The highest BCUT2D eigenvalue weighted by atomic mass is 31.2. The van der Waals surface area contributed by atoms with Crippen molar-refractivity contribution in [2.75, 3.05) is 40.9 Å². The number of nitrogens with zero attached hydrogens (tertiary/aromatic N) is 1. The molecule has 0 heterocycles. The van der Waals surface area contributed by atoms with Crippen molar-refractivity contribution in [2.45, 2.75) is 380 Å². The number of carbonyl (C=O) groups excluding carboxylic acids is 2. The number of phosphoric ester groups is 1. The Hall–Kier alpha value is -1.51. The Kier molecular flexibility index (Phi) is 60.4. The van der Waals surface area contributed by atoms with Crippen molar-refractivity contribution in [2.24, 2.45) is 0 Å². The predicted molar refractivity (Wildman–Crippen MR) is 351 cm³/mol. The van der Waals surface area contributed by atoms with Crippen molar-refractivity contribution in [1.29, 1.82) is 0 Å². The number of carbonyl (C=O) groups is 2. The van der Waals surface area contributed by atoms with Gasteiger partial charge in [-0.05, 0) is 57.4 Å². The normalized spacial score (nSPS) is 13.6. The number of hydrogen-bond acceptors (Lipinski definition) is 6. The molecule has 0 saturated heterocycles. The van der Waals surface area contributed by atoms with E-state index in [1.165, 1.54) is 276 Å². The third-order valence-corrected chi connectivity index (χ3v) is 17.4. The van der Waals surface area contributed by atoms with Gasteiger partial charge in [0.05, 0.1) is 33.8 Å². The van der Waals surface area contributed by atoms with Crippen LogP contribution in [0.1, 0.15) is 367 Å². The summed E-state index contributed by atoms with van der Waals surface area (Å²) in [6.07, 6.45) is 74.7. The zero-order valence-corrected chi connectivity index (χ0v) is 56.0. The zero-order valence-electron chi connectivity index (χ0n) is 55.1.